The van der Waals surface area contributed by atoms with Gasteiger partial charge in [-0.25, -0.2) is 12.7 Å². The molecule has 5 nitrogen and oxygen atoms in total. The van der Waals surface area contributed by atoms with Gasteiger partial charge in [0.2, 0.25) is 10.0 Å². The van der Waals surface area contributed by atoms with E-state index < -0.39 is 10.0 Å². The second-order valence-electron chi connectivity index (χ2n) is 4.89. The van der Waals surface area contributed by atoms with Gasteiger partial charge in [-0.05, 0) is 30.5 Å². The Bertz CT molecular complexity index is 653. The molecule has 0 aliphatic carbocycles. The van der Waals surface area contributed by atoms with Gasteiger partial charge in [0.05, 0.1) is 29.4 Å². The zero-order chi connectivity index (χ0) is 14.6. The average molecular weight is 289 g/mol. The van der Waals surface area contributed by atoms with E-state index in [9.17, 15) is 8.42 Å². The predicted octanol–water partition coefficient (Wildman–Crippen LogP) is 1.62. The summed E-state index contributed by atoms with van der Waals surface area (Å²) >= 11 is 0. The van der Waals surface area contributed by atoms with Crippen LogP contribution in [0, 0.1) is 28.6 Å². The van der Waals surface area contributed by atoms with E-state index in [1.165, 1.54) is 4.31 Å². The number of nitriles is 2. The number of piperidine rings is 1. The minimum atomic E-state index is -3.40. The molecule has 1 saturated heterocycles. The molecule has 1 fully saturated rings. The van der Waals surface area contributed by atoms with Crippen molar-refractivity contribution in [1.82, 2.24) is 4.31 Å². The van der Waals surface area contributed by atoms with Crippen molar-refractivity contribution in [1.29, 1.82) is 10.5 Å². The Morgan fingerprint density at radius 1 is 1.25 bits per heavy atom. The summed E-state index contributed by atoms with van der Waals surface area (Å²) in [6, 6.07) is 10.7. The largest absolute Gasteiger partial charge is 0.218 e. The number of nitrogens with zero attached hydrogens (tertiary/aromatic N) is 3. The van der Waals surface area contributed by atoms with Gasteiger partial charge < -0.3 is 0 Å². The van der Waals surface area contributed by atoms with Crippen molar-refractivity contribution in [3.05, 3.63) is 35.4 Å². The molecular formula is C14H15N3O2S. The van der Waals surface area contributed by atoms with Gasteiger partial charge in [-0.15, -0.1) is 0 Å². The number of hydrogen-bond donors (Lipinski definition) is 0. The van der Waals surface area contributed by atoms with Crippen LogP contribution in [-0.4, -0.2) is 25.8 Å². The Morgan fingerprint density at radius 3 is 2.55 bits per heavy atom. The van der Waals surface area contributed by atoms with Gasteiger partial charge in [0.1, 0.15) is 0 Å². The van der Waals surface area contributed by atoms with Crippen LogP contribution in [-0.2, 0) is 15.8 Å². The van der Waals surface area contributed by atoms with Crippen LogP contribution < -0.4 is 0 Å². The molecule has 2 rings (SSSR count). The molecule has 0 aromatic heterocycles. The lowest BCUT2D eigenvalue weighted by atomic mass is 10.0. The SMILES string of the molecule is N#Cc1ccc(CS(=O)(=O)N2CCCC(C#N)C2)cc1. The lowest BCUT2D eigenvalue weighted by molar-refractivity contribution is 0.304. The zero-order valence-electron chi connectivity index (χ0n) is 11.0. The first-order valence-corrected chi connectivity index (χ1v) is 8.02. The number of sulfonamides is 1. The standard InChI is InChI=1S/C14H15N3O2S/c15-8-12-3-5-13(6-4-12)11-20(18,19)17-7-1-2-14(9-16)10-17/h3-6,14H,1-2,7,10-11H2. The van der Waals surface area contributed by atoms with Gasteiger partial charge >= 0.3 is 0 Å². The summed E-state index contributed by atoms with van der Waals surface area (Å²) in [7, 11) is -3.40. The van der Waals surface area contributed by atoms with Gasteiger partial charge in [0.15, 0.2) is 0 Å². The van der Waals surface area contributed by atoms with Crippen LogP contribution >= 0.6 is 0 Å². The Morgan fingerprint density at radius 2 is 1.95 bits per heavy atom. The third kappa shape index (κ3) is 3.36. The van der Waals surface area contributed by atoms with Gasteiger partial charge in [0, 0.05) is 13.1 Å². The van der Waals surface area contributed by atoms with E-state index in [1.54, 1.807) is 24.3 Å². The molecule has 1 aliphatic heterocycles. The summed E-state index contributed by atoms with van der Waals surface area (Å²) in [6.07, 6.45) is 1.49. The van der Waals surface area contributed by atoms with Crippen LogP contribution in [0.25, 0.3) is 0 Å². The van der Waals surface area contributed by atoms with Crippen molar-refractivity contribution in [3.63, 3.8) is 0 Å². The van der Waals surface area contributed by atoms with Gasteiger partial charge in [-0.3, -0.25) is 0 Å². The molecule has 104 valence electrons. The van der Waals surface area contributed by atoms with E-state index >= 15 is 0 Å². The molecule has 0 saturated carbocycles. The molecule has 0 radical (unpaired) electrons. The van der Waals surface area contributed by atoms with Crippen LogP contribution in [0.15, 0.2) is 24.3 Å². The first-order valence-electron chi connectivity index (χ1n) is 6.41. The maximum Gasteiger partial charge on any atom is 0.218 e. The predicted molar refractivity (Wildman–Crippen MR) is 73.7 cm³/mol. The quantitative estimate of drug-likeness (QED) is 0.846. The molecule has 1 aromatic rings. The molecule has 0 amide bonds. The summed E-state index contributed by atoms with van der Waals surface area (Å²) in [5.41, 5.74) is 1.16. The molecule has 0 N–H and O–H groups in total. The monoisotopic (exact) mass is 289 g/mol. The van der Waals surface area contributed by atoms with E-state index in [0.29, 0.717) is 17.7 Å². The summed E-state index contributed by atoms with van der Waals surface area (Å²) in [4.78, 5) is 0. The summed E-state index contributed by atoms with van der Waals surface area (Å²) in [5.74, 6) is -0.295. The molecule has 6 heteroatoms. The summed E-state index contributed by atoms with van der Waals surface area (Å²) < 4.78 is 26.1. The lowest BCUT2D eigenvalue weighted by Gasteiger charge is -2.28. The van der Waals surface area contributed by atoms with E-state index in [4.69, 9.17) is 10.5 Å². The number of rotatable bonds is 3. The molecule has 0 bridgehead atoms. The fourth-order valence-electron chi connectivity index (χ4n) is 2.28. The summed E-state index contributed by atoms with van der Waals surface area (Å²) in [5, 5.41) is 17.6. The van der Waals surface area contributed by atoms with Crippen LogP contribution in [0.5, 0.6) is 0 Å². The van der Waals surface area contributed by atoms with Gasteiger partial charge in [0.25, 0.3) is 0 Å². The molecule has 20 heavy (non-hydrogen) atoms. The second kappa shape index (κ2) is 6.04. The molecule has 1 unspecified atom stereocenters. The Hall–Kier alpha value is -1.89. The molecule has 1 atom stereocenters. The fraction of sp³-hybridized carbons (Fsp3) is 0.429. The van der Waals surface area contributed by atoms with Crippen molar-refractivity contribution < 1.29 is 8.42 Å². The third-order valence-corrected chi connectivity index (χ3v) is 5.21. The minimum Gasteiger partial charge on any atom is -0.212 e. The number of benzene rings is 1. The third-order valence-electron chi connectivity index (χ3n) is 3.39. The normalized spacial score (nSPS) is 20.0. The van der Waals surface area contributed by atoms with E-state index in [-0.39, 0.29) is 18.2 Å². The van der Waals surface area contributed by atoms with E-state index in [1.807, 2.05) is 6.07 Å². The Labute approximate surface area is 119 Å². The van der Waals surface area contributed by atoms with Crippen LogP contribution in [0.3, 0.4) is 0 Å². The molecule has 1 aliphatic rings. The number of hydrogen-bond acceptors (Lipinski definition) is 4. The second-order valence-corrected chi connectivity index (χ2v) is 6.86. The Kier molecular flexibility index (Phi) is 4.39. The van der Waals surface area contributed by atoms with Gasteiger partial charge in [-0.1, -0.05) is 12.1 Å². The lowest BCUT2D eigenvalue weighted by Crippen LogP contribution is -2.40. The highest BCUT2D eigenvalue weighted by molar-refractivity contribution is 7.88. The zero-order valence-corrected chi connectivity index (χ0v) is 11.8. The maximum atomic E-state index is 12.3. The average Bonchev–Trinajstić information content (AvgIpc) is 2.48. The topological polar surface area (TPSA) is 85.0 Å². The minimum absolute atomic E-state index is 0.0865. The van der Waals surface area contributed by atoms with Crippen LogP contribution in [0.1, 0.15) is 24.0 Å². The molecule has 0 spiro atoms. The van der Waals surface area contributed by atoms with Crippen molar-refractivity contribution in [3.8, 4) is 12.1 Å². The highest BCUT2D eigenvalue weighted by atomic mass is 32.2. The van der Waals surface area contributed by atoms with Crippen molar-refractivity contribution in [2.75, 3.05) is 13.1 Å². The van der Waals surface area contributed by atoms with E-state index in [0.717, 1.165) is 12.8 Å². The van der Waals surface area contributed by atoms with Gasteiger partial charge in [-0.2, -0.15) is 10.5 Å². The molecule has 1 aromatic carbocycles. The molecule has 1 heterocycles. The Balaban J connectivity index is 2.10. The van der Waals surface area contributed by atoms with Crippen molar-refractivity contribution >= 4 is 10.0 Å². The summed E-state index contributed by atoms with van der Waals surface area (Å²) in [6.45, 7) is 0.770. The highest BCUT2D eigenvalue weighted by Gasteiger charge is 2.28. The van der Waals surface area contributed by atoms with Crippen LogP contribution in [0.2, 0.25) is 0 Å². The first kappa shape index (κ1) is 14.5. The molecular weight excluding hydrogens is 274 g/mol. The van der Waals surface area contributed by atoms with Crippen LogP contribution in [0.4, 0.5) is 0 Å². The first-order chi connectivity index (χ1) is 9.55. The van der Waals surface area contributed by atoms with Crippen molar-refractivity contribution in [2.45, 2.75) is 18.6 Å². The van der Waals surface area contributed by atoms with E-state index in [2.05, 4.69) is 6.07 Å². The van der Waals surface area contributed by atoms with Crippen molar-refractivity contribution in [2.24, 2.45) is 5.92 Å². The highest BCUT2D eigenvalue weighted by Crippen LogP contribution is 2.21. The maximum absolute atomic E-state index is 12.3. The fourth-order valence-corrected chi connectivity index (χ4v) is 3.89. The smallest absolute Gasteiger partial charge is 0.212 e.